The number of ether oxygens (including phenoxy) is 1. The molecular formula is C27H25F3N2O3S. The van der Waals surface area contributed by atoms with Gasteiger partial charge in [0.15, 0.2) is 0 Å². The maximum Gasteiger partial charge on any atom is 0.432 e. The molecule has 3 aromatic carbocycles. The highest BCUT2D eigenvalue weighted by molar-refractivity contribution is 8.00. The Morgan fingerprint density at radius 2 is 1.75 bits per heavy atom. The summed E-state index contributed by atoms with van der Waals surface area (Å²) in [5.41, 5.74) is -1.33. The van der Waals surface area contributed by atoms with Crippen molar-refractivity contribution < 1.29 is 27.8 Å². The smallest absolute Gasteiger partial charge is 0.432 e. The molecule has 0 spiro atoms. The number of aryl methyl sites for hydroxylation is 1. The highest BCUT2D eigenvalue weighted by Crippen LogP contribution is 2.44. The van der Waals surface area contributed by atoms with E-state index in [4.69, 9.17) is 0 Å². The van der Waals surface area contributed by atoms with Crippen molar-refractivity contribution in [2.45, 2.75) is 37.1 Å². The molecule has 0 saturated carbocycles. The highest BCUT2D eigenvalue weighted by Gasteiger charge is 2.63. The third-order valence-corrected chi connectivity index (χ3v) is 6.60. The standard InChI is InChI=1S/C27H25F3N2O3S/c1-3-35-25(33)26(34,27(28,29)30)23-17-32(16-19-7-5-4-6-8-19)24-15-20(11-14-22(23)24)31-36-21-12-9-18(2)10-13-21/h4-15,17,31,34H,3,16H2,1-2H3. The predicted octanol–water partition coefficient (Wildman–Crippen LogP) is 6.43. The van der Waals surface area contributed by atoms with Crippen LogP contribution in [0.2, 0.25) is 0 Å². The van der Waals surface area contributed by atoms with Gasteiger partial charge in [0.2, 0.25) is 0 Å². The van der Waals surface area contributed by atoms with E-state index in [1.165, 1.54) is 31.1 Å². The van der Waals surface area contributed by atoms with Crippen molar-refractivity contribution >= 4 is 34.5 Å². The second-order valence-corrected chi connectivity index (χ2v) is 9.21. The SMILES string of the molecule is CCOC(=O)C(O)(c1cn(Cc2ccccc2)c2cc(NSc3ccc(C)cc3)ccc12)C(F)(F)F. The summed E-state index contributed by atoms with van der Waals surface area (Å²) in [6.45, 7) is 3.32. The summed E-state index contributed by atoms with van der Waals surface area (Å²) in [5, 5.41) is 10.9. The zero-order valence-corrected chi connectivity index (χ0v) is 20.5. The molecule has 2 N–H and O–H groups in total. The monoisotopic (exact) mass is 514 g/mol. The molecule has 36 heavy (non-hydrogen) atoms. The first kappa shape index (κ1) is 25.7. The number of anilines is 1. The maximum atomic E-state index is 14.2. The van der Waals surface area contributed by atoms with Gasteiger partial charge in [-0.15, -0.1) is 0 Å². The van der Waals surface area contributed by atoms with Crippen molar-refractivity contribution in [1.29, 1.82) is 0 Å². The molecule has 0 amide bonds. The van der Waals surface area contributed by atoms with Gasteiger partial charge < -0.3 is 19.1 Å². The number of hydrogen-bond acceptors (Lipinski definition) is 5. The van der Waals surface area contributed by atoms with Crippen molar-refractivity contribution in [1.82, 2.24) is 4.57 Å². The summed E-state index contributed by atoms with van der Waals surface area (Å²) in [4.78, 5) is 13.4. The van der Waals surface area contributed by atoms with Crippen LogP contribution in [0.3, 0.4) is 0 Å². The first-order valence-corrected chi connectivity index (χ1v) is 12.1. The van der Waals surface area contributed by atoms with Gasteiger partial charge >= 0.3 is 12.1 Å². The minimum Gasteiger partial charge on any atom is -0.463 e. The van der Waals surface area contributed by atoms with Crippen LogP contribution in [0.15, 0.2) is 83.9 Å². The Balaban J connectivity index is 1.80. The van der Waals surface area contributed by atoms with E-state index in [2.05, 4.69) is 9.46 Å². The van der Waals surface area contributed by atoms with Crippen LogP contribution in [-0.4, -0.2) is 28.4 Å². The van der Waals surface area contributed by atoms with Crippen molar-refractivity contribution in [3.05, 3.63) is 95.7 Å². The van der Waals surface area contributed by atoms with Gasteiger partial charge in [-0.05, 0) is 55.6 Å². The van der Waals surface area contributed by atoms with Crippen molar-refractivity contribution in [2.24, 2.45) is 0 Å². The minimum absolute atomic E-state index is 0.102. The molecule has 0 aliphatic rings. The Kier molecular flexibility index (Phi) is 7.33. The molecule has 0 aliphatic heterocycles. The van der Waals surface area contributed by atoms with Gasteiger partial charge in [-0.2, -0.15) is 13.2 Å². The molecule has 1 aromatic heterocycles. The van der Waals surface area contributed by atoms with Crippen molar-refractivity contribution in [3.63, 3.8) is 0 Å². The quantitative estimate of drug-likeness (QED) is 0.210. The fourth-order valence-electron chi connectivity index (χ4n) is 3.89. The fourth-order valence-corrected chi connectivity index (χ4v) is 4.53. The molecule has 4 aromatic rings. The van der Waals surface area contributed by atoms with Crippen LogP contribution in [0.25, 0.3) is 10.9 Å². The molecule has 1 heterocycles. The zero-order chi connectivity index (χ0) is 25.9. The number of benzene rings is 3. The van der Waals surface area contributed by atoms with E-state index in [-0.39, 0.29) is 18.5 Å². The van der Waals surface area contributed by atoms with Gasteiger partial charge in [-0.3, -0.25) is 0 Å². The minimum atomic E-state index is -5.29. The first-order valence-electron chi connectivity index (χ1n) is 11.3. The fraction of sp³-hybridized carbons (Fsp3) is 0.222. The second-order valence-electron chi connectivity index (χ2n) is 8.33. The van der Waals surface area contributed by atoms with E-state index >= 15 is 0 Å². The summed E-state index contributed by atoms with van der Waals surface area (Å²) < 4.78 is 52.0. The molecule has 0 radical (unpaired) electrons. The number of nitrogens with one attached hydrogen (secondary N) is 1. The van der Waals surface area contributed by atoms with Crippen LogP contribution < -0.4 is 4.72 Å². The summed E-state index contributed by atoms with van der Waals surface area (Å²) in [6.07, 6.45) is -4.11. The number of nitrogens with zero attached hydrogens (tertiary/aromatic N) is 1. The van der Waals surface area contributed by atoms with Gasteiger partial charge in [0.05, 0.1) is 12.1 Å². The van der Waals surface area contributed by atoms with Crippen molar-refractivity contribution in [3.8, 4) is 0 Å². The normalized spacial score (nSPS) is 13.4. The zero-order valence-electron chi connectivity index (χ0n) is 19.7. The van der Waals surface area contributed by atoms with E-state index < -0.39 is 23.3 Å². The lowest BCUT2D eigenvalue weighted by molar-refractivity contribution is -0.267. The Morgan fingerprint density at radius 3 is 2.39 bits per heavy atom. The Morgan fingerprint density at radius 1 is 1.06 bits per heavy atom. The summed E-state index contributed by atoms with van der Waals surface area (Å²) in [5.74, 6) is -1.76. The molecule has 4 rings (SSSR count). The number of esters is 1. The maximum absolute atomic E-state index is 14.2. The molecule has 0 bridgehead atoms. The van der Waals surface area contributed by atoms with Crippen LogP contribution in [-0.2, 0) is 21.7 Å². The van der Waals surface area contributed by atoms with E-state index in [9.17, 15) is 23.1 Å². The molecular weight excluding hydrogens is 489 g/mol. The molecule has 0 saturated heterocycles. The lowest BCUT2D eigenvalue weighted by atomic mass is 9.92. The summed E-state index contributed by atoms with van der Waals surface area (Å²) in [7, 11) is 0. The second kappa shape index (κ2) is 10.3. The topological polar surface area (TPSA) is 63.5 Å². The molecule has 9 heteroatoms. The molecule has 0 fully saturated rings. The molecule has 1 atom stereocenters. The third kappa shape index (κ3) is 5.08. The van der Waals surface area contributed by atoms with E-state index in [0.29, 0.717) is 11.2 Å². The Hall–Kier alpha value is -3.43. The average molecular weight is 515 g/mol. The Bertz CT molecular complexity index is 1350. The summed E-state index contributed by atoms with van der Waals surface area (Å²) in [6, 6.07) is 21.9. The van der Waals surface area contributed by atoms with Gasteiger partial charge in [-0.25, -0.2) is 4.79 Å². The number of aliphatic hydroxyl groups is 1. The molecule has 188 valence electrons. The number of alkyl halides is 3. The summed E-state index contributed by atoms with van der Waals surface area (Å²) >= 11 is 1.37. The number of rotatable bonds is 8. The van der Waals surface area contributed by atoms with E-state index in [1.807, 2.05) is 61.5 Å². The highest BCUT2D eigenvalue weighted by atomic mass is 32.2. The molecule has 0 aliphatic carbocycles. The predicted molar refractivity (Wildman–Crippen MR) is 135 cm³/mol. The molecule has 1 unspecified atom stereocenters. The van der Waals surface area contributed by atoms with Crippen LogP contribution in [0, 0.1) is 6.92 Å². The van der Waals surface area contributed by atoms with Gasteiger partial charge in [-0.1, -0.05) is 54.1 Å². The number of carbonyl (C=O) groups excluding carboxylic acids is 1. The average Bonchev–Trinajstić information content (AvgIpc) is 3.21. The largest absolute Gasteiger partial charge is 0.463 e. The van der Waals surface area contributed by atoms with Gasteiger partial charge in [0.1, 0.15) is 0 Å². The van der Waals surface area contributed by atoms with Gasteiger partial charge in [0.25, 0.3) is 5.60 Å². The number of aromatic nitrogens is 1. The number of carbonyl (C=O) groups is 1. The van der Waals surface area contributed by atoms with Gasteiger partial charge in [0, 0.05) is 34.3 Å². The molecule has 5 nitrogen and oxygen atoms in total. The van der Waals surface area contributed by atoms with E-state index in [1.54, 1.807) is 16.7 Å². The third-order valence-electron chi connectivity index (χ3n) is 5.76. The van der Waals surface area contributed by atoms with Crippen LogP contribution in [0.1, 0.15) is 23.6 Å². The number of fused-ring (bicyclic) bond motifs is 1. The van der Waals surface area contributed by atoms with Crippen LogP contribution in [0.5, 0.6) is 0 Å². The lowest BCUT2D eigenvalue weighted by Gasteiger charge is -2.27. The number of hydrogen-bond donors (Lipinski definition) is 2. The number of halogens is 3. The van der Waals surface area contributed by atoms with Crippen LogP contribution >= 0.6 is 11.9 Å². The van der Waals surface area contributed by atoms with Crippen LogP contribution in [0.4, 0.5) is 18.9 Å². The lowest BCUT2D eigenvalue weighted by Crippen LogP contribution is -2.50. The van der Waals surface area contributed by atoms with Crippen molar-refractivity contribution in [2.75, 3.05) is 11.3 Å². The first-order chi connectivity index (χ1) is 17.1. The van der Waals surface area contributed by atoms with E-state index in [0.717, 1.165) is 16.0 Å². The Labute approximate surface area is 211 Å².